The van der Waals surface area contributed by atoms with Gasteiger partial charge in [0, 0.05) is 6.61 Å². The summed E-state index contributed by atoms with van der Waals surface area (Å²) in [6.07, 6.45) is 7.19. The fraction of sp³-hybridized carbons (Fsp3) is 0.750. The van der Waals surface area contributed by atoms with Crippen LogP contribution in [0.2, 0.25) is 0 Å². The second kappa shape index (κ2) is 6.62. The number of carbonyl (C=O) groups excluding carboxylic acids is 1. The molecule has 1 aliphatic rings. The van der Waals surface area contributed by atoms with Crippen LogP contribution in [-0.2, 0) is 9.53 Å². The molecule has 0 aromatic rings. The average Bonchev–Trinajstić information content (AvgIpc) is 2.45. The van der Waals surface area contributed by atoms with Crippen molar-refractivity contribution in [1.82, 2.24) is 5.32 Å². The van der Waals surface area contributed by atoms with Crippen molar-refractivity contribution in [3.63, 3.8) is 0 Å². The Kier molecular flexibility index (Phi) is 5.40. The summed E-state index contributed by atoms with van der Waals surface area (Å²) in [5.74, 6) is -0.0911. The summed E-state index contributed by atoms with van der Waals surface area (Å²) in [5.41, 5.74) is 0. The summed E-state index contributed by atoms with van der Waals surface area (Å²) in [6.45, 7) is 6.18. The number of ether oxygens (including phenoxy) is 1. The molecule has 3 nitrogen and oxygen atoms in total. The SMILES string of the molecule is C=CC(=O)N[C@@H]1CCCCC[C@H]1OCC. The largest absolute Gasteiger partial charge is 0.376 e. The number of hydrogen-bond donors (Lipinski definition) is 1. The van der Waals surface area contributed by atoms with E-state index in [1.165, 1.54) is 25.3 Å². The lowest BCUT2D eigenvalue weighted by Gasteiger charge is -2.25. The number of hydrogen-bond acceptors (Lipinski definition) is 2. The first kappa shape index (κ1) is 12.2. The normalized spacial score (nSPS) is 26.7. The van der Waals surface area contributed by atoms with Crippen LogP contribution >= 0.6 is 0 Å². The van der Waals surface area contributed by atoms with Crippen molar-refractivity contribution in [3.05, 3.63) is 12.7 Å². The van der Waals surface area contributed by atoms with E-state index in [0.717, 1.165) is 12.8 Å². The lowest BCUT2D eigenvalue weighted by Crippen LogP contribution is -2.43. The van der Waals surface area contributed by atoms with Crippen LogP contribution in [0, 0.1) is 0 Å². The fourth-order valence-corrected chi connectivity index (χ4v) is 2.09. The predicted molar refractivity (Wildman–Crippen MR) is 60.6 cm³/mol. The van der Waals surface area contributed by atoms with Gasteiger partial charge in [-0.1, -0.05) is 25.8 Å². The molecule has 2 atom stereocenters. The molecular formula is C12H21NO2. The van der Waals surface area contributed by atoms with Crippen LogP contribution in [0.25, 0.3) is 0 Å². The van der Waals surface area contributed by atoms with Gasteiger partial charge in [-0.05, 0) is 25.8 Å². The first-order chi connectivity index (χ1) is 7.27. The lowest BCUT2D eigenvalue weighted by atomic mass is 10.1. The molecule has 0 radical (unpaired) electrons. The van der Waals surface area contributed by atoms with Crippen LogP contribution in [0.5, 0.6) is 0 Å². The van der Waals surface area contributed by atoms with Gasteiger partial charge < -0.3 is 10.1 Å². The maximum absolute atomic E-state index is 11.3. The Labute approximate surface area is 91.9 Å². The van der Waals surface area contributed by atoms with Gasteiger partial charge in [0.15, 0.2) is 0 Å². The van der Waals surface area contributed by atoms with Crippen LogP contribution in [-0.4, -0.2) is 24.7 Å². The van der Waals surface area contributed by atoms with E-state index in [9.17, 15) is 4.79 Å². The Morgan fingerprint density at radius 1 is 1.47 bits per heavy atom. The van der Waals surface area contributed by atoms with Crippen molar-refractivity contribution in [1.29, 1.82) is 0 Å². The molecule has 0 aromatic heterocycles. The van der Waals surface area contributed by atoms with Gasteiger partial charge in [0.05, 0.1) is 12.1 Å². The first-order valence-electron chi connectivity index (χ1n) is 5.82. The van der Waals surface area contributed by atoms with E-state index >= 15 is 0 Å². The van der Waals surface area contributed by atoms with Gasteiger partial charge in [-0.15, -0.1) is 0 Å². The van der Waals surface area contributed by atoms with Crippen molar-refractivity contribution in [2.75, 3.05) is 6.61 Å². The molecule has 0 heterocycles. The van der Waals surface area contributed by atoms with Crippen LogP contribution in [0.4, 0.5) is 0 Å². The van der Waals surface area contributed by atoms with E-state index in [4.69, 9.17) is 4.74 Å². The quantitative estimate of drug-likeness (QED) is 0.570. The molecule has 0 unspecified atom stereocenters. The third kappa shape index (κ3) is 4.04. The Bertz CT molecular complexity index is 216. The molecule has 15 heavy (non-hydrogen) atoms. The van der Waals surface area contributed by atoms with Gasteiger partial charge in [-0.25, -0.2) is 0 Å². The highest BCUT2D eigenvalue weighted by Gasteiger charge is 2.24. The van der Waals surface area contributed by atoms with E-state index < -0.39 is 0 Å². The molecule has 0 bridgehead atoms. The minimum Gasteiger partial charge on any atom is -0.376 e. The van der Waals surface area contributed by atoms with E-state index in [-0.39, 0.29) is 18.1 Å². The Hall–Kier alpha value is -0.830. The molecule has 0 aromatic carbocycles. The highest BCUT2D eigenvalue weighted by molar-refractivity contribution is 5.87. The highest BCUT2D eigenvalue weighted by Crippen LogP contribution is 2.20. The molecule has 3 heteroatoms. The van der Waals surface area contributed by atoms with E-state index in [0.29, 0.717) is 6.61 Å². The van der Waals surface area contributed by atoms with Gasteiger partial charge in [0.1, 0.15) is 0 Å². The minimum absolute atomic E-state index is 0.0911. The zero-order chi connectivity index (χ0) is 11.1. The molecule has 1 fully saturated rings. The lowest BCUT2D eigenvalue weighted by molar-refractivity contribution is -0.118. The van der Waals surface area contributed by atoms with Gasteiger partial charge in [-0.3, -0.25) is 4.79 Å². The smallest absolute Gasteiger partial charge is 0.243 e. The summed E-state index contributed by atoms with van der Waals surface area (Å²) in [4.78, 5) is 11.3. The van der Waals surface area contributed by atoms with Crippen molar-refractivity contribution in [2.45, 2.75) is 51.2 Å². The molecule has 0 saturated heterocycles. The fourth-order valence-electron chi connectivity index (χ4n) is 2.09. The van der Waals surface area contributed by atoms with Crippen LogP contribution in [0.3, 0.4) is 0 Å². The summed E-state index contributed by atoms with van der Waals surface area (Å²) < 4.78 is 5.67. The number of nitrogens with one attached hydrogen (secondary N) is 1. The van der Waals surface area contributed by atoms with Crippen molar-refractivity contribution < 1.29 is 9.53 Å². The molecular weight excluding hydrogens is 190 g/mol. The number of carbonyl (C=O) groups is 1. The summed E-state index contributed by atoms with van der Waals surface area (Å²) in [5, 5.41) is 2.96. The summed E-state index contributed by atoms with van der Waals surface area (Å²) >= 11 is 0. The average molecular weight is 211 g/mol. The zero-order valence-electron chi connectivity index (χ0n) is 9.50. The van der Waals surface area contributed by atoms with Gasteiger partial charge >= 0.3 is 0 Å². The third-order valence-corrected chi connectivity index (χ3v) is 2.85. The number of rotatable bonds is 4. The first-order valence-corrected chi connectivity index (χ1v) is 5.82. The highest BCUT2D eigenvalue weighted by atomic mass is 16.5. The van der Waals surface area contributed by atoms with E-state index in [1.807, 2.05) is 6.92 Å². The standard InChI is InChI=1S/C12H21NO2/c1-3-12(14)13-10-8-6-5-7-9-11(10)15-4-2/h3,10-11H,1,4-9H2,2H3,(H,13,14)/t10-,11-/m1/s1. The Morgan fingerprint density at radius 3 is 2.87 bits per heavy atom. The molecule has 0 aliphatic heterocycles. The van der Waals surface area contributed by atoms with Crippen molar-refractivity contribution in [2.24, 2.45) is 0 Å². The van der Waals surface area contributed by atoms with Crippen molar-refractivity contribution in [3.8, 4) is 0 Å². The molecule has 1 amide bonds. The maximum Gasteiger partial charge on any atom is 0.243 e. The molecule has 1 saturated carbocycles. The van der Waals surface area contributed by atoms with Gasteiger partial charge in [0.25, 0.3) is 0 Å². The topological polar surface area (TPSA) is 38.3 Å². The second-order valence-electron chi connectivity index (χ2n) is 3.95. The third-order valence-electron chi connectivity index (χ3n) is 2.85. The second-order valence-corrected chi connectivity index (χ2v) is 3.95. The summed E-state index contributed by atoms with van der Waals surface area (Å²) in [6, 6.07) is 0.165. The van der Waals surface area contributed by atoms with Crippen molar-refractivity contribution >= 4 is 5.91 Å². The van der Waals surface area contributed by atoms with Crippen LogP contribution < -0.4 is 5.32 Å². The molecule has 1 aliphatic carbocycles. The van der Waals surface area contributed by atoms with Gasteiger partial charge in [-0.2, -0.15) is 0 Å². The van der Waals surface area contributed by atoms with Crippen LogP contribution in [0.15, 0.2) is 12.7 Å². The maximum atomic E-state index is 11.3. The Morgan fingerprint density at radius 2 is 2.20 bits per heavy atom. The monoisotopic (exact) mass is 211 g/mol. The zero-order valence-corrected chi connectivity index (χ0v) is 9.50. The summed E-state index contributed by atoms with van der Waals surface area (Å²) in [7, 11) is 0. The Balaban J connectivity index is 2.53. The number of amides is 1. The minimum atomic E-state index is -0.0911. The predicted octanol–water partition coefficient (Wildman–Crippen LogP) is 2.03. The van der Waals surface area contributed by atoms with Gasteiger partial charge in [0.2, 0.25) is 5.91 Å². The van der Waals surface area contributed by atoms with E-state index in [2.05, 4.69) is 11.9 Å². The molecule has 86 valence electrons. The van der Waals surface area contributed by atoms with E-state index in [1.54, 1.807) is 0 Å². The van der Waals surface area contributed by atoms with Crippen LogP contribution in [0.1, 0.15) is 39.0 Å². The molecule has 0 spiro atoms. The molecule has 1 rings (SSSR count). The molecule has 1 N–H and O–H groups in total.